The summed E-state index contributed by atoms with van der Waals surface area (Å²) < 4.78 is 10.7. The standard InChI is InChI=1S/C22H24N2O5/c1-15(21(26)24-10-4-7-16-6-2-3-9-19(16)24)29-22(27)17-12-20(25)23(13-17)14-18-8-5-11-28-18/h2-3,5-6,8-9,11,15,17H,4,7,10,12-14H2,1H3/t15-,17+/m0/s1. The van der Waals surface area contributed by atoms with Crippen molar-refractivity contribution in [3.05, 3.63) is 54.0 Å². The van der Waals surface area contributed by atoms with Crippen LogP contribution in [0.25, 0.3) is 0 Å². The maximum atomic E-state index is 12.9. The Balaban J connectivity index is 1.36. The van der Waals surface area contributed by atoms with E-state index in [1.807, 2.05) is 24.3 Å². The fourth-order valence-electron chi connectivity index (χ4n) is 3.98. The molecule has 152 valence electrons. The summed E-state index contributed by atoms with van der Waals surface area (Å²) in [5.74, 6) is -0.762. The molecule has 7 nitrogen and oxygen atoms in total. The summed E-state index contributed by atoms with van der Waals surface area (Å²) in [6.45, 7) is 2.80. The van der Waals surface area contributed by atoms with E-state index >= 15 is 0 Å². The van der Waals surface area contributed by atoms with Gasteiger partial charge in [-0.25, -0.2) is 0 Å². The minimum Gasteiger partial charge on any atom is -0.467 e. The first-order valence-electron chi connectivity index (χ1n) is 9.93. The highest BCUT2D eigenvalue weighted by atomic mass is 16.5. The van der Waals surface area contributed by atoms with Gasteiger partial charge >= 0.3 is 5.97 Å². The lowest BCUT2D eigenvalue weighted by Gasteiger charge is -2.31. The third-order valence-electron chi connectivity index (χ3n) is 5.49. The quantitative estimate of drug-likeness (QED) is 0.726. The minimum absolute atomic E-state index is 0.0903. The zero-order valence-electron chi connectivity index (χ0n) is 16.4. The van der Waals surface area contributed by atoms with Crippen LogP contribution in [0.2, 0.25) is 0 Å². The summed E-state index contributed by atoms with van der Waals surface area (Å²) in [7, 11) is 0. The summed E-state index contributed by atoms with van der Waals surface area (Å²) in [4.78, 5) is 41.0. The molecule has 2 aromatic rings. The van der Waals surface area contributed by atoms with Crippen molar-refractivity contribution >= 4 is 23.5 Å². The summed E-state index contributed by atoms with van der Waals surface area (Å²) in [5.41, 5.74) is 2.01. The van der Waals surface area contributed by atoms with E-state index in [4.69, 9.17) is 9.15 Å². The average molecular weight is 396 g/mol. The van der Waals surface area contributed by atoms with Gasteiger partial charge in [0.05, 0.1) is 18.7 Å². The van der Waals surface area contributed by atoms with Gasteiger partial charge in [-0.2, -0.15) is 0 Å². The molecule has 2 atom stereocenters. The maximum absolute atomic E-state index is 12.9. The number of hydrogen-bond acceptors (Lipinski definition) is 5. The number of benzene rings is 1. The van der Waals surface area contributed by atoms with Gasteiger partial charge in [-0.05, 0) is 43.5 Å². The van der Waals surface area contributed by atoms with Gasteiger partial charge in [0.2, 0.25) is 5.91 Å². The molecule has 2 aliphatic heterocycles. The second-order valence-electron chi connectivity index (χ2n) is 7.56. The number of para-hydroxylation sites is 1. The summed E-state index contributed by atoms with van der Waals surface area (Å²) in [6, 6.07) is 11.3. The van der Waals surface area contributed by atoms with Crippen molar-refractivity contribution in [3.8, 4) is 0 Å². The molecule has 4 rings (SSSR count). The molecule has 0 N–H and O–H groups in total. The Hall–Kier alpha value is -3.09. The Labute approximate surface area is 169 Å². The molecule has 1 fully saturated rings. The van der Waals surface area contributed by atoms with Crippen LogP contribution < -0.4 is 4.90 Å². The third kappa shape index (κ3) is 4.04. The van der Waals surface area contributed by atoms with Crippen LogP contribution >= 0.6 is 0 Å². The van der Waals surface area contributed by atoms with Crippen molar-refractivity contribution < 1.29 is 23.5 Å². The number of carbonyl (C=O) groups excluding carboxylic acids is 3. The summed E-state index contributed by atoms with van der Waals surface area (Å²) in [6.07, 6.45) is 2.55. The van der Waals surface area contributed by atoms with Gasteiger partial charge in [-0.3, -0.25) is 14.4 Å². The van der Waals surface area contributed by atoms with Crippen LogP contribution in [0.4, 0.5) is 5.69 Å². The van der Waals surface area contributed by atoms with Crippen LogP contribution in [0.5, 0.6) is 0 Å². The zero-order valence-corrected chi connectivity index (χ0v) is 16.4. The first-order valence-corrected chi connectivity index (χ1v) is 9.93. The van der Waals surface area contributed by atoms with Crippen LogP contribution in [0.1, 0.15) is 31.1 Å². The van der Waals surface area contributed by atoms with Gasteiger partial charge in [0.25, 0.3) is 5.91 Å². The molecule has 2 amide bonds. The average Bonchev–Trinajstić information content (AvgIpc) is 3.37. The molecule has 0 aliphatic carbocycles. The van der Waals surface area contributed by atoms with E-state index in [1.165, 1.54) is 0 Å². The Bertz CT molecular complexity index is 908. The van der Waals surface area contributed by atoms with E-state index in [0.717, 1.165) is 24.1 Å². The number of aryl methyl sites for hydroxylation is 1. The normalized spacial score (nSPS) is 19.8. The highest BCUT2D eigenvalue weighted by molar-refractivity contribution is 5.98. The highest BCUT2D eigenvalue weighted by Crippen LogP contribution is 2.28. The van der Waals surface area contributed by atoms with Gasteiger partial charge in [-0.15, -0.1) is 0 Å². The zero-order chi connectivity index (χ0) is 20.4. The maximum Gasteiger partial charge on any atom is 0.312 e. The number of carbonyl (C=O) groups is 3. The number of fused-ring (bicyclic) bond motifs is 1. The minimum atomic E-state index is -0.900. The molecule has 1 aromatic carbocycles. The lowest BCUT2D eigenvalue weighted by Crippen LogP contribution is -2.43. The van der Waals surface area contributed by atoms with Gasteiger partial charge in [0.1, 0.15) is 5.76 Å². The third-order valence-corrected chi connectivity index (χ3v) is 5.49. The Kier molecular flexibility index (Phi) is 5.38. The molecule has 0 unspecified atom stereocenters. The molecule has 0 radical (unpaired) electrons. The van der Waals surface area contributed by atoms with Crippen molar-refractivity contribution in [1.82, 2.24) is 4.90 Å². The number of amides is 2. The number of anilines is 1. The topological polar surface area (TPSA) is 80.1 Å². The van der Waals surface area contributed by atoms with E-state index in [-0.39, 0.29) is 24.8 Å². The first kappa shape index (κ1) is 19.2. The van der Waals surface area contributed by atoms with Crippen LogP contribution in [-0.4, -0.2) is 41.9 Å². The molecule has 2 aliphatic rings. The van der Waals surface area contributed by atoms with Gasteiger partial charge in [-0.1, -0.05) is 18.2 Å². The largest absolute Gasteiger partial charge is 0.467 e. The van der Waals surface area contributed by atoms with Gasteiger partial charge in [0.15, 0.2) is 6.10 Å². The molecular formula is C22H24N2O5. The smallest absolute Gasteiger partial charge is 0.312 e. The van der Waals surface area contributed by atoms with Crippen molar-refractivity contribution in [2.24, 2.45) is 5.92 Å². The Morgan fingerprint density at radius 2 is 2.07 bits per heavy atom. The van der Waals surface area contributed by atoms with E-state index in [2.05, 4.69) is 0 Å². The SMILES string of the molecule is C[C@H](OC(=O)[C@@H]1CC(=O)N(Cc2ccco2)C1)C(=O)N1CCCc2ccccc21. The Morgan fingerprint density at radius 3 is 2.86 bits per heavy atom. The number of hydrogen-bond donors (Lipinski definition) is 0. The summed E-state index contributed by atoms with van der Waals surface area (Å²) in [5, 5.41) is 0. The second-order valence-corrected chi connectivity index (χ2v) is 7.56. The molecule has 1 aromatic heterocycles. The van der Waals surface area contributed by atoms with Crippen LogP contribution in [0.3, 0.4) is 0 Å². The van der Waals surface area contributed by atoms with Crippen molar-refractivity contribution in [2.45, 2.75) is 38.8 Å². The molecule has 0 saturated carbocycles. The second kappa shape index (κ2) is 8.11. The lowest BCUT2D eigenvalue weighted by atomic mass is 10.0. The number of esters is 1. The molecule has 1 saturated heterocycles. The fraction of sp³-hybridized carbons (Fsp3) is 0.409. The van der Waals surface area contributed by atoms with E-state index in [0.29, 0.717) is 18.8 Å². The van der Waals surface area contributed by atoms with E-state index in [1.54, 1.807) is 35.1 Å². The van der Waals surface area contributed by atoms with E-state index < -0.39 is 18.0 Å². The predicted molar refractivity (Wildman–Crippen MR) is 105 cm³/mol. The van der Waals surface area contributed by atoms with Crippen LogP contribution in [-0.2, 0) is 32.1 Å². The van der Waals surface area contributed by atoms with Crippen molar-refractivity contribution in [2.75, 3.05) is 18.0 Å². The number of rotatable bonds is 5. The van der Waals surface area contributed by atoms with Gasteiger partial charge in [0, 0.05) is 25.2 Å². The molecule has 0 spiro atoms. The van der Waals surface area contributed by atoms with Gasteiger partial charge < -0.3 is 19.0 Å². The Morgan fingerprint density at radius 1 is 1.24 bits per heavy atom. The number of furan rings is 1. The number of ether oxygens (including phenoxy) is 1. The molecule has 0 bridgehead atoms. The van der Waals surface area contributed by atoms with E-state index in [9.17, 15) is 14.4 Å². The molecule has 29 heavy (non-hydrogen) atoms. The van der Waals surface area contributed by atoms with Crippen molar-refractivity contribution in [3.63, 3.8) is 0 Å². The lowest BCUT2D eigenvalue weighted by molar-refractivity contribution is -0.157. The number of nitrogens with zero attached hydrogens (tertiary/aromatic N) is 2. The first-order chi connectivity index (χ1) is 14.0. The molecule has 3 heterocycles. The predicted octanol–water partition coefficient (Wildman–Crippen LogP) is 2.54. The molecule has 7 heteroatoms. The highest BCUT2D eigenvalue weighted by Gasteiger charge is 2.37. The molecular weight excluding hydrogens is 372 g/mol. The number of likely N-dealkylation sites (tertiary alicyclic amines) is 1. The summed E-state index contributed by atoms with van der Waals surface area (Å²) >= 11 is 0. The monoisotopic (exact) mass is 396 g/mol. The van der Waals surface area contributed by atoms with Crippen molar-refractivity contribution in [1.29, 1.82) is 0 Å². The van der Waals surface area contributed by atoms with Crippen LogP contribution in [0, 0.1) is 5.92 Å². The van der Waals surface area contributed by atoms with Crippen LogP contribution in [0.15, 0.2) is 47.1 Å². The fourth-order valence-corrected chi connectivity index (χ4v) is 3.98.